The van der Waals surface area contributed by atoms with Gasteiger partial charge >= 0.3 is 12.2 Å². The lowest BCUT2D eigenvalue weighted by molar-refractivity contribution is -0.134. The third-order valence-corrected chi connectivity index (χ3v) is 11.6. The van der Waals surface area contributed by atoms with Crippen molar-refractivity contribution in [1.82, 2.24) is 40.4 Å². The minimum absolute atomic E-state index is 0.125. The van der Waals surface area contributed by atoms with E-state index < -0.39 is 12.2 Å². The van der Waals surface area contributed by atoms with Gasteiger partial charge in [0.2, 0.25) is 11.8 Å². The quantitative estimate of drug-likeness (QED) is 0.132. The second-order valence-electron chi connectivity index (χ2n) is 13.4. The third-order valence-electron chi connectivity index (χ3n) is 9.95. The molecule has 3 unspecified atom stereocenters. The lowest BCUT2D eigenvalue weighted by atomic mass is 9.99. The Labute approximate surface area is 308 Å². The molecular formula is C38H43N8O6P. The van der Waals surface area contributed by atoms with Crippen LogP contribution < -0.4 is 10.6 Å². The molecule has 0 saturated carbocycles. The molecule has 2 aromatic heterocycles. The van der Waals surface area contributed by atoms with E-state index in [0.717, 1.165) is 84.3 Å². The number of H-pyrrole nitrogens is 2. The second-order valence-corrected chi connectivity index (χ2v) is 15.1. The molecule has 2 saturated heterocycles. The Morgan fingerprint density at radius 1 is 0.887 bits per heavy atom. The van der Waals surface area contributed by atoms with Crippen LogP contribution in [0, 0.1) is 0 Å². The first-order valence-electron chi connectivity index (χ1n) is 17.8. The van der Waals surface area contributed by atoms with Crippen LogP contribution in [0.1, 0.15) is 43.4 Å². The van der Waals surface area contributed by atoms with Crippen molar-refractivity contribution in [2.45, 2.75) is 43.9 Å². The number of aromatic amines is 2. The molecule has 3 aromatic carbocycles. The molecule has 15 heteroatoms. The van der Waals surface area contributed by atoms with E-state index in [9.17, 15) is 19.2 Å². The Kier molecular flexibility index (Phi) is 10.9. The number of likely N-dealkylation sites (tertiary alicyclic amines) is 1. The number of alkyl carbamates (subject to hydrolysis) is 2. The Balaban J connectivity index is 1.05. The fourth-order valence-corrected chi connectivity index (χ4v) is 7.97. The molecule has 0 aliphatic carbocycles. The molecule has 276 valence electrons. The zero-order valence-corrected chi connectivity index (χ0v) is 30.7. The summed E-state index contributed by atoms with van der Waals surface area (Å²) in [4.78, 5) is 68.9. The zero-order chi connectivity index (χ0) is 36.9. The molecule has 2 aliphatic rings. The number of nitrogens with one attached hydrogen (secondary N) is 4. The fraction of sp³-hybridized carbons (Fsp3) is 0.368. The first kappa shape index (κ1) is 35.9. The number of carbonyl (C=O) groups excluding carboxylic acids is 4. The largest absolute Gasteiger partial charge is 0.453 e. The number of amides is 4. The molecule has 4 amide bonds. The van der Waals surface area contributed by atoms with E-state index in [-0.39, 0.29) is 30.9 Å². The van der Waals surface area contributed by atoms with E-state index in [1.807, 2.05) is 6.07 Å². The standard InChI is InChI=1S/C38H43N8O6P/c1-51-37(49)40-19-34(47)45(21-28-12-14-53-28)22-33-39-18-31(42-33)27-9-8-23-15-24(6-7-25(23)16-27)26-10-11-29-30(17-26)44-36(43-29)32-5-3-4-13-46(32)35(48)20-41-38(50)52-2/h6-11,15-18,28,32,53H,3-5,12-14,19-22H2,1-2H3,(H,39,42)(H,40,49)(H,41,50)(H,43,44). The SMILES string of the molecule is COC(=O)NCC(=O)N(Cc1ncc(-c2ccc3cc(-c4ccc5nc(C6CCCCN6C(=O)CNC(=O)OC)[nH]c5c4)ccc3c2)[nH]1)CC1CCP1. The van der Waals surface area contributed by atoms with E-state index in [2.05, 4.69) is 83.6 Å². The molecule has 3 atom stereocenters. The van der Waals surface area contributed by atoms with Crippen molar-refractivity contribution in [3.63, 3.8) is 0 Å². The van der Waals surface area contributed by atoms with Crippen molar-refractivity contribution in [3.8, 4) is 22.4 Å². The van der Waals surface area contributed by atoms with Crippen molar-refractivity contribution in [2.75, 3.05) is 46.6 Å². The molecule has 4 heterocycles. The Morgan fingerprint density at radius 3 is 2.32 bits per heavy atom. The van der Waals surface area contributed by atoms with Crippen LogP contribution >= 0.6 is 8.58 Å². The van der Waals surface area contributed by atoms with Crippen LogP contribution in [0.3, 0.4) is 0 Å². The normalized spacial score (nSPS) is 17.4. The number of nitrogens with zero attached hydrogens (tertiary/aromatic N) is 4. The van der Waals surface area contributed by atoms with Crippen molar-refractivity contribution < 1.29 is 28.7 Å². The number of ether oxygens (including phenoxy) is 2. The maximum Gasteiger partial charge on any atom is 0.407 e. The number of piperidine rings is 1. The summed E-state index contributed by atoms with van der Waals surface area (Å²) in [6.07, 6.45) is 5.51. The molecule has 0 spiro atoms. The second kappa shape index (κ2) is 16.0. The van der Waals surface area contributed by atoms with Gasteiger partial charge in [-0.1, -0.05) is 30.3 Å². The van der Waals surface area contributed by atoms with Crippen LogP contribution in [0.5, 0.6) is 0 Å². The van der Waals surface area contributed by atoms with Gasteiger partial charge in [-0.2, -0.15) is 0 Å². The lowest BCUT2D eigenvalue weighted by Crippen LogP contribution is -2.44. The highest BCUT2D eigenvalue weighted by Gasteiger charge is 2.30. The molecular weight excluding hydrogens is 695 g/mol. The number of benzene rings is 3. The number of aromatic nitrogens is 4. The number of methoxy groups -OCH3 is 2. The van der Waals surface area contributed by atoms with Crippen LogP contribution in [0.2, 0.25) is 0 Å². The summed E-state index contributed by atoms with van der Waals surface area (Å²) in [6.45, 7) is 1.32. The monoisotopic (exact) mass is 738 g/mol. The number of rotatable bonds is 11. The van der Waals surface area contributed by atoms with Crippen LogP contribution in [-0.2, 0) is 25.6 Å². The Bertz CT molecular complexity index is 2150. The maximum atomic E-state index is 13.0. The molecule has 0 radical (unpaired) electrons. The molecule has 4 N–H and O–H groups in total. The first-order chi connectivity index (χ1) is 25.8. The third kappa shape index (κ3) is 8.28. The van der Waals surface area contributed by atoms with Crippen molar-refractivity contribution in [3.05, 3.63) is 72.4 Å². The Morgan fingerprint density at radius 2 is 1.58 bits per heavy atom. The summed E-state index contributed by atoms with van der Waals surface area (Å²) < 4.78 is 9.23. The molecule has 14 nitrogen and oxygen atoms in total. The fourth-order valence-electron chi connectivity index (χ4n) is 6.92. The van der Waals surface area contributed by atoms with E-state index in [1.54, 1.807) is 16.0 Å². The predicted molar refractivity (Wildman–Crippen MR) is 203 cm³/mol. The smallest absolute Gasteiger partial charge is 0.407 e. The van der Waals surface area contributed by atoms with Crippen molar-refractivity contribution in [1.29, 1.82) is 0 Å². The van der Waals surface area contributed by atoms with Gasteiger partial charge in [0.05, 0.1) is 49.7 Å². The molecule has 0 bridgehead atoms. The van der Waals surface area contributed by atoms with Gasteiger partial charge in [-0.25, -0.2) is 19.6 Å². The number of hydrogen-bond acceptors (Lipinski definition) is 8. The summed E-state index contributed by atoms with van der Waals surface area (Å²) >= 11 is 0. The van der Waals surface area contributed by atoms with Gasteiger partial charge in [0.15, 0.2) is 0 Å². The van der Waals surface area contributed by atoms with E-state index in [0.29, 0.717) is 31.1 Å². The first-order valence-corrected chi connectivity index (χ1v) is 19.1. The summed E-state index contributed by atoms with van der Waals surface area (Å²) in [5.41, 5.74) is 6.15. The molecule has 7 rings (SSSR count). The minimum atomic E-state index is -0.634. The zero-order valence-electron chi connectivity index (χ0n) is 29.7. The predicted octanol–water partition coefficient (Wildman–Crippen LogP) is 5.32. The van der Waals surface area contributed by atoms with Gasteiger partial charge in [-0.05, 0) is 83.7 Å². The van der Waals surface area contributed by atoms with E-state index in [4.69, 9.17) is 4.98 Å². The topological polar surface area (TPSA) is 175 Å². The van der Waals surface area contributed by atoms with Gasteiger partial charge in [0.25, 0.3) is 0 Å². The van der Waals surface area contributed by atoms with Crippen LogP contribution in [0.15, 0.2) is 60.8 Å². The average molecular weight is 739 g/mol. The van der Waals surface area contributed by atoms with Gasteiger partial charge < -0.3 is 39.9 Å². The van der Waals surface area contributed by atoms with Gasteiger partial charge in [0.1, 0.15) is 24.7 Å². The number of imidazole rings is 2. The van der Waals surface area contributed by atoms with E-state index in [1.165, 1.54) is 20.4 Å². The van der Waals surface area contributed by atoms with Gasteiger partial charge in [0, 0.05) is 18.7 Å². The lowest BCUT2D eigenvalue weighted by Gasteiger charge is -2.34. The minimum Gasteiger partial charge on any atom is -0.453 e. The highest BCUT2D eigenvalue weighted by Crippen LogP contribution is 2.36. The molecule has 53 heavy (non-hydrogen) atoms. The summed E-state index contributed by atoms with van der Waals surface area (Å²) in [7, 11) is 3.39. The highest BCUT2D eigenvalue weighted by molar-refractivity contribution is 7.40. The van der Waals surface area contributed by atoms with Gasteiger partial charge in [-0.15, -0.1) is 8.58 Å². The maximum absolute atomic E-state index is 13.0. The molecule has 5 aromatic rings. The van der Waals surface area contributed by atoms with Crippen LogP contribution in [-0.4, -0.2) is 106 Å². The Hall–Kier alpha value is -5.49. The van der Waals surface area contributed by atoms with Gasteiger partial charge in [-0.3, -0.25) is 9.59 Å². The van der Waals surface area contributed by atoms with Crippen LogP contribution in [0.4, 0.5) is 9.59 Å². The number of hydrogen-bond donors (Lipinski definition) is 4. The number of carbonyl (C=O) groups is 4. The summed E-state index contributed by atoms with van der Waals surface area (Å²) in [5, 5.41) is 7.15. The molecule has 2 fully saturated rings. The van der Waals surface area contributed by atoms with Crippen molar-refractivity contribution >= 4 is 54.4 Å². The number of fused-ring (bicyclic) bond motifs is 2. The highest BCUT2D eigenvalue weighted by atomic mass is 31.1. The van der Waals surface area contributed by atoms with Crippen molar-refractivity contribution in [2.24, 2.45) is 0 Å². The van der Waals surface area contributed by atoms with E-state index >= 15 is 0 Å². The summed E-state index contributed by atoms with van der Waals surface area (Å²) in [5.74, 6) is 1.08. The van der Waals surface area contributed by atoms with Crippen LogP contribution in [0.25, 0.3) is 44.2 Å². The summed E-state index contributed by atoms with van der Waals surface area (Å²) in [6, 6.07) is 18.6. The molecule has 2 aliphatic heterocycles. The average Bonchev–Trinajstić information content (AvgIpc) is 3.83.